The van der Waals surface area contributed by atoms with Crippen molar-refractivity contribution in [3.05, 3.63) is 72.9 Å². The molecule has 14 nitrogen and oxygen atoms in total. The lowest BCUT2D eigenvalue weighted by molar-refractivity contribution is -0.161. The van der Waals surface area contributed by atoms with E-state index in [1.54, 1.807) is 12.2 Å². The third-order valence-corrected chi connectivity index (χ3v) is 10.00. The molecule has 0 aliphatic heterocycles. The van der Waals surface area contributed by atoms with E-state index >= 15 is 0 Å². The Balaban J connectivity index is 4.71. The number of phosphoric ester groups is 2. The summed E-state index contributed by atoms with van der Waals surface area (Å²) in [5.41, 5.74) is 0. The molecule has 0 heterocycles. The molecule has 0 rings (SSSR count). The number of rotatable bonds is 40. The van der Waals surface area contributed by atoms with Crippen LogP contribution in [-0.4, -0.2) is 76.1 Å². The van der Waals surface area contributed by atoms with Crippen LogP contribution in [0.2, 0.25) is 0 Å². The first kappa shape index (κ1) is 57.2. The van der Waals surface area contributed by atoms with Gasteiger partial charge in [-0.2, -0.15) is 0 Å². The molecule has 0 amide bonds. The largest absolute Gasteiger partial charge is 0.472 e. The van der Waals surface area contributed by atoms with Gasteiger partial charge >= 0.3 is 27.6 Å². The Kier molecular flexibility index (Phi) is 37.3. The number of esters is 2. The van der Waals surface area contributed by atoms with Gasteiger partial charge in [0.1, 0.15) is 12.7 Å². The molecule has 3 atom stereocenters. The zero-order chi connectivity index (χ0) is 44.6. The fraction of sp³-hybridized carbons (Fsp3) is 0.659. The van der Waals surface area contributed by atoms with E-state index in [1.165, 1.54) is 25.7 Å². The van der Waals surface area contributed by atoms with E-state index in [2.05, 4.69) is 47.2 Å². The molecule has 0 spiro atoms. The van der Waals surface area contributed by atoms with Crippen molar-refractivity contribution in [2.24, 2.45) is 0 Å². The highest BCUT2D eigenvalue weighted by atomic mass is 31.2. The Hall–Kier alpha value is -2.77. The van der Waals surface area contributed by atoms with E-state index < -0.39 is 66.2 Å². The average Bonchev–Trinajstić information content (AvgIpc) is 3.20. The zero-order valence-electron chi connectivity index (χ0n) is 36.0. The standard InChI is InChI=1S/C44H74O14P2/c1-3-5-7-8-9-10-11-12-13-14-17-20-23-26-30-34-43(47)54-38-42(39-57-60(52,53)56-37-41(46)36-55-59(49,50)51)58-44(48)35-31-27-24-21-18-15-16-19-22-25-29-33-40(45)32-28-6-4-2/h10-13,15-16,21-22,24-25,29,33,41-42,46H,3-9,14,17-20,23,26-28,30-32,34-39H2,1-2H3,(H,52,53)(H2,49,50,51)/b11-10-,13-12-,16-15-,24-21-,25-22-,33-29+/t41-,42+/m0/s1. The second-order valence-electron chi connectivity index (χ2n) is 14.3. The van der Waals surface area contributed by atoms with Crippen LogP contribution < -0.4 is 0 Å². The van der Waals surface area contributed by atoms with Crippen LogP contribution >= 0.6 is 15.6 Å². The number of ketones is 1. The molecule has 0 aromatic rings. The summed E-state index contributed by atoms with van der Waals surface area (Å²) in [6.45, 7) is 1.46. The minimum atomic E-state index is -4.88. The number of aliphatic hydroxyl groups is 1. The maximum absolute atomic E-state index is 12.6. The van der Waals surface area contributed by atoms with E-state index in [9.17, 15) is 33.5 Å². The van der Waals surface area contributed by atoms with E-state index in [0.717, 1.165) is 64.2 Å². The highest BCUT2D eigenvalue weighted by molar-refractivity contribution is 7.47. The van der Waals surface area contributed by atoms with E-state index in [1.807, 2.05) is 36.5 Å². The van der Waals surface area contributed by atoms with Crippen LogP contribution in [0, 0.1) is 0 Å². The topological polar surface area (TPSA) is 212 Å². The second kappa shape index (κ2) is 39.1. The molecule has 16 heteroatoms. The van der Waals surface area contributed by atoms with Gasteiger partial charge in [0.2, 0.25) is 0 Å². The van der Waals surface area contributed by atoms with Crippen molar-refractivity contribution in [2.45, 2.75) is 161 Å². The van der Waals surface area contributed by atoms with E-state index in [4.69, 9.17) is 23.8 Å². The summed E-state index contributed by atoms with van der Waals surface area (Å²) in [5, 5.41) is 9.74. The number of carbonyl (C=O) groups is 3. The summed E-state index contributed by atoms with van der Waals surface area (Å²) in [7, 11) is -9.72. The van der Waals surface area contributed by atoms with Crippen LogP contribution in [0.5, 0.6) is 0 Å². The van der Waals surface area contributed by atoms with Crippen LogP contribution in [0.25, 0.3) is 0 Å². The Morgan fingerprint density at radius 3 is 1.73 bits per heavy atom. The third-order valence-electron chi connectivity index (χ3n) is 8.56. The Morgan fingerprint density at radius 1 is 0.533 bits per heavy atom. The molecule has 344 valence electrons. The molecule has 0 aliphatic rings. The fourth-order valence-electron chi connectivity index (χ4n) is 5.23. The molecule has 1 unspecified atom stereocenters. The molecule has 0 aromatic heterocycles. The summed E-state index contributed by atoms with van der Waals surface area (Å²) in [6.07, 6.45) is 38.8. The normalized spacial score (nSPS) is 14.6. The average molecular weight is 889 g/mol. The number of aliphatic hydroxyl groups excluding tert-OH is 1. The predicted octanol–water partition coefficient (Wildman–Crippen LogP) is 10.2. The molecule has 0 aromatic carbocycles. The van der Waals surface area contributed by atoms with Gasteiger partial charge in [-0.3, -0.25) is 28.0 Å². The summed E-state index contributed by atoms with van der Waals surface area (Å²) in [5.74, 6) is -1.02. The van der Waals surface area contributed by atoms with Crippen LogP contribution in [-0.2, 0) is 46.6 Å². The quantitative estimate of drug-likeness (QED) is 0.0113. The first-order chi connectivity index (χ1) is 28.8. The van der Waals surface area contributed by atoms with E-state index in [-0.39, 0.29) is 18.6 Å². The number of ether oxygens (including phenoxy) is 2. The molecule has 0 saturated carbocycles. The Labute approximate surface area is 359 Å². The summed E-state index contributed by atoms with van der Waals surface area (Å²) < 4.78 is 47.6. The monoisotopic (exact) mass is 888 g/mol. The van der Waals surface area contributed by atoms with Gasteiger partial charge in [-0.25, -0.2) is 9.13 Å². The van der Waals surface area contributed by atoms with Gasteiger partial charge in [-0.05, 0) is 70.3 Å². The highest BCUT2D eigenvalue weighted by Gasteiger charge is 2.28. The van der Waals surface area contributed by atoms with Crippen molar-refractivity contribution >= 4 is 33.4 Å². The van der Waals surface area contributed by atoms with Crippen molar-refractivity contribution in [2.75, 3.05) is 26.4 Å². The van der Waals surface area contributed by atoms with Crippen LogP contribution in [0.4, 0.5) is 0 Å². The summed E-state index contributed by atoms with van der Waals surface area (Å²) in [4.78, 5) is 64.4. The maximum Gasteiger partial charge on any atom is 0.472 e. The number of hydrogen-bond acceptors (Lipinski definition) is 11. The zero-order valence-corrected chi connectivity index (χ0v) is 37.8. The van der Waals surface area contributed by atoms with Crippen molar-refractivity contribution in [3.8, 4) is 0 Å². The van der Waals surface area contributed by atoms with Crippen LogP contribution in [0.3, 0.4) is 0 Å². The van der Waals surface area contributed by atoms with Gasteiger partial charge in [-0.15, -0.1) is 0 Å². The van der Waals surface area contributed by atoms with Gasteiger partial charge < -0.3 is 29.3 Å². The number of phosphoric acid groups is 2. The minimum absolute atomic E-state index is 0.0225. The Bertz CT molecular complexity index is 1400. The molecular formula is C44H74O14P2. The van der Waals surface area contributed by atoms with Crippen molar-refractivity contribution in [1.29, 1.82) is 0 Å². The van der Waals surface area contributed by atoms with Gasteiger partial charge in [0.25, 0.3) is 0 Å². The lowest BCUT2D eigenvalue weighted by Crippen LogP contribution is -2.29. The Morgan fingerprint density at radius 2 is 1.05 bits per heavy atom. The molecule has 0 aliphatic carbocycles. The smallest absolute Gasteiger partial charge is 0.462 e. The summed E-state index contributed by atoms with van der Waals surface area (Å²) in [6, 6.07) is 0. The molecule has 0 fully saturated rings. The maximum atomic E-state index is 12.6. The van der Waals surface area contributed by atoms with Crippen molar-refractivity contribution in [1.82, 2.24) is 0 Å². The minimum Gasteiger partial charge on any atom is -0.462 e. The van der Waals surface area contributed by atoms with Gasteiger partial charge in [0.05, 0.1) is 19.8 Å². The highest BCUT2D eigenvalue weighted by Crippen LogP contribution is 2.43. The lowest BCUT2D eigenvalue weighted by atomic mass is 10.1. The van der Waals surface area contributed by atoms with Gasteiger partial charge in [-0.1, -0.05) is 132 Å². The number of allylic oxidation sites excluding steroid dienone is 12. The number of hydrogen-bond donors (Lipinski definition) is 4. The molecule has 0 saturated heterocycles. The first-order valence-corrected chi connectivity index (χ1v) is 24.6. The molecular weight excluding hydrogens is 814 g/mol. The second-order valence-corrected chi connectivity index (χ2v) is 17.0. The number of unbranched alkanes of at least 4 members (excludes halogenated alkanes) is 12. The first-order valence-electron chi connectivity index (χ1n) is 21.6. The van der Waals surface area contributed by atoms with Crippen LogP contribution in [0.1, 0.15) is 149 Å². The molecule has 60 heavy (non-hydrogen) atoms. The number of carbonyl (C=O) groups excluding carboxylic acids is 3. The summed E-state index contributed by atoms with van der Waals surface area (Å²) >= 11 is 0. The van der Waals surface area contributed by atoms with E-state index in [0.29, 0.717) is 32.1 Å². The SMILES string of the molecule is CCCCCC/C=C\C=C/CCCCCCCC(=O)OC[C@H](COP(=O)(O)OC[C@@H](O)COP(=O)(O)O)OC(=O)CCC/C=C\C/C=C\C/C=C\C=C\C(=O)CCCCC. The van der Waals surface area contributed by atoms with Gasteiger partial charge in [0, 0.05) is 19.3 Å². The predicted molar refractivity (Wildman–Crippen MR) is 235 cm³/mol. The molecule has 4 N–H and O–H groups in total. The van der Waals surface area contributed by atoms with Gasteiger partial charge in [0.15, 0.2) is 11.9 Å². The molecule has 0 bridgehead atoms. The third kappa shape index (κ3) is 41.9. The fourth-order valence-corrected chi connectivity index (χ4v) is 6.38. The molecule has 0 radical (unpaired) electrons. The lowest BCUT2D eigenvalue weighted by Gasteiger charge is -2.20. The van der Waals surface area contributed by atoms with Crippen molar-refractivity contribution < 1.29 is 66.3 Å². The van der Waals surface area contributed by atoms with Crippen molar-refractivity contribution in [3.63, 3.8) is 0 Å². The van der Waals surface area contributed by atoms with Crippen LogP contribution in [0.15, 0.2) is 72.9 Å².